The summed E-state index contributed by atoms with van der Waals surface area (Å²) in [5, 5.41) is 2.35. The summed E-state index contributed by atoms with van der Waals surface area (Å²) in [6, 6.07) is 14.8. The maximum absolute atomic E-state index is 12.3. The second-order valence-electron chi connectivity index (χ2n) is 4.85. The number of thioether (sulfide) groups is 1. The third-order valence-electron chi connectivity index (χ3n) is 3.12. The molecule has 0 saturated heterocycles. The van der Waals surface area contributed by atoms with Crippen LogP contribution in [0.4, 0.5) is 0 Å². The van der Waals surface area contributed by atoms with Crippen molar-refractivity contribution >= 4 is 28.7 Å². The molecular weight excluding hydrogens is 312 g/mol. The Morgan fingerprint density at radius 3 is 2.26 bits per heavy atom. The molecule has 3 N–H and O–H groups in total. The van der Waals surface area contributed by atoms with Crippen LogP contribution in [0.15, 0.2) is 59.5 Å². The highest BCUT2D eigenvalue weighted by Crippen LogP contribution is 2.26. The number of carbonyl (C=O) groups is 3. The minimum absolute atomic E-state index is 0.159. The molecule has 0 radical (unpaired) electrons. The Morgan fingerprint density at radius 2 is 1.61 bits per heavy atom. The lowest BCUT2D eigenvalue weighted by molar-refractivity contribution is -0.119. The van der Waals surface area contributed by atoms with Gasteiger partial charge in [-0.05, 0) is 30.8 Å². The van der Waals surface area contributed by atoms with Gasteiger partial charge in [-0.1, -0.05) is 42.5 Å². The molecule has 2 aromatic carbocycles. The second kappa shape index (κ2) is 7.60. The molecule has 0 aliphatic rings. The van der Waals surface area contributed by atoms with Crippen molar-refractivity contribution < 1.29 is 14.4 Å². The van der Waals surface area contributed by atoms with E-state index < -0.39 is 17.9 Å². The highest BCUT2D eigenvalue weighted by atomic mass is 32.2. The van der Waals surface area contributed by atoms with Crippen molar-refractivity contribution in [1.82, 2.24) is 5.32 Å². The molecule has 0 aliphatic carbocycles. The zero-order chi connectivity index (χ0) is 16.8. The van der Waals surface area contributed by atoms with Crippen molar-refractivity contribution in [3.8, 4) is 0 Å². The quantitative estimate of drug-likeness (QED) is 0.824. The monoisotopic (exact) mass is 328 g/mol. The van der Waals surface area contributed by atoms with Crippen LogP contribution in [0.1, 0.15) is 27.6 Å². The van der Waals surface area contributed by atoms with Gasteiger partial charge in [0, 0.05) is 10.5 Å². The summed E-state index contributed by atoms with van der Waals surface area (Å²) < 4.78 is 0. The van der Waals surface area contributed by atoms with Crippen LogP contribution in [0.2, 0.25) is 0 Å². The molecule has 2 aromatic rings. The smallest absolute Gasteiger partial charge is 0.253 e. The SMILES string of the molecule is C[C@@H](NC(=O)c1ccccc1SC(=O)c1ccccc1)C(N)=O. The standard InChI is InChI=1S/C17H16N2O3S/c1-11(15(18)20)19-16(21)13-9-5-6-10-14(13)23-17(22)12-7-3-2-4-8-12/h2-11H,1H3,(H2,18,20)(H,19,21)/t11-/m1/s1. The fourth-order valence-corrected chi connectivity index (χ4v) is 2.69. The van der Waals surface area contributed by atoms with Crippen LogP contribution >= 0.6 is 11.8 Å². The summed E-state index contributed by atoms with van der Waals surface area (Å²) in [5.74, 6) is -1.07. The van der Waals surface area contributed by atoms with E-state index in [-0.39, 0.29) is 5.12 Å². The first-order valence-corrected chi connectivity index (χ1v) is 7.77. The molecular formula is C17H16N2O3S. The van der Waals surface area contributed by atoms with Crippen LogP contribution in [0, 0.1) is 0 Å². The maximum atomic E-state index is 12.3. The minimum Gasteiger partial charge on any atom is -0.368 e. The summed E-state index contributed by atoms with van der Waals surface area (Å²) >= 11 is 0.971. The number of benzene rings is 2. The van der Waals surface area contributed by atoms with Gasteiger partial charge in [-0.15, -0.1) is 0 Å². The van der Waals surface area contributed by atoms with Crippen LogP contribution < -0.4 is 11.1 Å². The van der Waals surface area contributed by atoms with Gasteiger partial charge in [-0.2, -0.15) is 0 Å². The topological polar surface area (TPSA) is 89.3 Å². The average molecular weight is 328 g/mol. The Morgan fingerprint density at radius 1 is 1.00 bits per heavy atom. The molecule has 0 aromatic heterocycles. The van der Waals surface area contributed by atoms with Gasteiger partial charge in [0.1, 0.15) is 6.04 Å². The van der Waals surface area contributed by atoms with Gasteiger partial charge in [-0.25, -0.2) is 0 Å². The highest BCUT2D eigenvalue weighted by Gasteiger charge is 2.18. The lowest BCUT2D eigenvalue weighted by atomic mass is 10.2. The van der Waals surface area contributed by atoms with Crippen LogP contribution in [-0.4, -0.2) is 23.0 Å². The molecule has 0 bridgehead atoms. The van der Waals surface area contributed by atoms with Crippen LogP contribution in [0.5, 0.6) is 0 Å². The first-order valence-electron chi connectivity index (χ1n) is 6.95. The number of carbonyl (C=O) groups excluding carboxylic acids is 3. The summed E-state index contributed by atoms with van der Waals surface area (Å²) in [6.45, 7) is 1.51. The van der Waals surface area contributed by atoms with Gasteiger partial charge >= 0.3 is 0 Å². The first-order chi connectivity index (χ1) is 11.0. The van der Waals surface area contributed by atoms with Crippen molar-refractivity contribution in [3.63, 3.8) is 0 Å². The lowest BCUT2D eigenvalue weighted by Gasteiger charge is -2.12. The average Bonchev–Trinajstić information content (AvgIpc) is 2.55. The fraction of sp³-hybridized carbons (Fsp3) is 0.118. The van der Waals surface area contributed by atoms with E-state index in [0.29, 0.717) is 16.0 Å². The van der Waals surface area contributed by atoms with Gasteiger partial charge in [0.05, 0.1) is 5.56 Å². The first kappa shape index (κ1) is 16.8. The van der Waals surface area contributed by atoms with Gasteiger partial charge in [-0.3, -0.25) is 14.4 Å². The summed E-state index contributed by atoms with van der Waals surface area (Å²) in [7, 11) is 0. The lowest BCUT2D eigenvalue weighted by Crippen LogP contribution is -2.42. The molecule has 23 heavy (non-hydrogen) atoms. The molecule has 1 atom stereocenters. The normalized spacial score (nSPS) is 11.5. The molecule has 2 rings (SSSR count). The molecule has 0 saturated carbocycles. The summed E-state index contributed by atoms with van der Waals surface area (Å²) in [4.78, 5) is 36.1. The van der Waals surface area contributed by atoms with Gasteiger partial charge in [0.2, 0.25) is 11.0 Å². The molecule has 0 unspecified atom stereocenters. The maximum Gasteiger partial charge on any atom is 0.253 e. The van der Waals surface area contributed by atoms with Gasteiger partial charge in [0.25, 0.3) is 5.91 Å². The van der Waals surface area contributed by atoms with E-state index in [1.165, 1.54) is 6.92 Å². The van der Waals surface area contributed by atoms with Crippen molar-refractivity contribution in [2.24, 2.45) is 5.73 Å². The van der Waals surface area contributed by atoms with Gasteiger partial charge < -0.3 is 11.1 Å². The van der Waals surface area contributed by atoms with Crippen molar-refractivity contribution in [3.05, 3.63) is 65.7 Å². The number of amides is 2. The zero-order valence-electron chi connectivity index (χ0n) is 12.5. The van der Waals surface area contributed by atoms with E-state index in [1.807, 2.05) is 6.07 Å². The van der Waals surface area contributed by atoms with E-state index in [9.17, 15) is 14.4 Å². The molecule has 118 valence electrons. The molecule has 6 heteroatoms. The molecule has 5 nitrogen and oxygen atoms in total. The third kappa shape index (κ3) is 4.43. The van der Waals surface area contributed by atoms with Crippen molar-refractivity contribution in [1.29, 1.82) is 0 Å². The Hall–Kier alpha value is -2.60. The van der Waals surface area contributed by atoms with E-state index in [4.69, 9.17) is 5.73 Å². The highest BCUT2D eigenvalue weighted by molar-refractivity contribution is 8.14. The van der Waals surface area contributed by atoms with E-state index in [2.05, 4.69) is 5.32 Å². The molecule has 0 heterocycles. The number of hydrogen-bond donors (Lipinski definition) is 2. The molecule has 0 fully saturated rings. The van der Waals surface area contributed by atoms with Crippen LogP contribution in [0.3, 0.4) is 0 Å². The number of hydrogen-bond acceptors (Lipinski definition) is 4. The Bertz CT molecular complexity index is 732. The van der Waals surface area contributed by atoms with E-state index in [1.54, 1.807) is 48.5 Å². The number of rotatable bonds is 5. The summed E-state index contributed by atoms with van der Waals surface area (Å²) in [6.07, 6.45) is 0. The van der Waals surface area contributed by atoms with Crippen LogP contribution in [0.25, 0.3) is 0 Å². The van der Waals surface area contributed by atoms with Gasteiger partial charge in [0.15, 0.2) is 0 Å². The number of primary amides is 1. The fourth-order valence-electron chi connectivity index (χ4n) is 1.82. The molecule has 0 aliphatic heterocycles. The predicted molar refractivity (Wildman–Crippen MR) is 89.2 cm³/mol. The predicted octanol–water partition coefficient (Wildman–Crippen LogP) is 2.22. The minimum atomic E-state index is -0.787. The van der Waals surface area contributed by atoms with E-state index in [0.717, 1.165) is 11.8 Å². The third-order valence-corrected chi connectivity index (χ3v) is 4.12. The Kier molecular flexibility index (Phi) is 5.54. The Labute approximate surface area is 138 Å². The largest absolute Gasteiger partial charge is 0.368 e. The van der Waals surface area contributed by atoms with Crippen molar-refractivity contribution in [2.75, 3.05) is 0 Å². The zero-order valence-corrected chi connectivity index (χ0v) is 13.3. The Balaban J connectivity index is 2.19. The summed E-state index contributed by atoms with van der Waals surface area (Å²) in [5.41, 5.74) is 6.03. The van der Waals surface area contributed by atoms with Crippen molar-refractivity contribution in [2.45, 2.75) is 17.9 Å². The number of nitrogens with one attached hydrogen (secondary N) is 1. The number of nitrogens with two attached hydrogens (primary N) is 1. The van der Waals surface area contributed by atoms with E-state index >= 15 is 0 Å². The van der Waals surface area contributed by atoms with Crippen LogP contribution in [-0.2, 0) is 4.79 Å². The second-order valence-corrected chi connectivity index (χ2v) is 5.86. The molecule has 0 spiro atoms. The molecule has 2 amide bonds.